The van der Waals surface area contributed by atoms with Crippen molar-refractivity contribution in [3.05, 3.63) is 71.9 Å². The lowest BCUT2D eigenvalue weighted by Gasteiger charge is -2.20. The van der Waals surface area contributed by atoms with Crippen LogP contribution in [0.5, 0.6) is 5.88 Å². The first-order valence-electron chi connectivity index (χ1n) is 9.37. The number of aromatic nitrogens is 3. The molecule has 2 amide bonds. The molecule has 0 bridgehead atoms. The highest BCUT2D eigenvalue weighted by Gasteiger charge is 2.17. The van der Waals surface area contributed by atoms with Gasteiger partial charge in [-0.05, 0) is 30.7 Å². The molecule has 30 heavy (non-hydrogen) atoms. The summed E-state index contributed by atoms with van der Waals surface area (Å²) in [6, 6.07) is 16.9. The van der Waals surface area contributed by atoms with Crippen molar-refractivity contribution in [2.45, 2.75) is 13.5 Å². The number of benzene rings is 2. The van der Waals surface area contributed by atoms with Crippen LogP contribution in [0.2, 0.25) is 0 Å². The maximum Gasteiger partial charge on any atom is 0.350 e. The molecule has 0 aliphatic carbocycles. The number of hydrogen-bond acceptors (Lipinski definition) is 5. The van der Waals surface area contributed by atoms with Gasteiger partial charge in [0, 0.05) is 35.8 Å². The van der Waals surface area contributed by atoms with E-state index in [-0.39, 0.29) is 6.61 Å². The van der Waals surface area contributed by atoms with Crippen molar-refractivity contribution in [2.75, 3.05) is 5.01 Å². The van der Waals surface area contributed by atoms with Crippen molar-refractivity contribution in [1.82, 2.24) is 19.8 Å². The molecule has 4 aromatic rings. The molecule has 5 N–H and O–H groups in total. The van der Waals surface area contributed by atoms with Gasteiger partial charge in [0.1, 0.15) is 12.4 Å². The number of rotatable bonds is 5. The molecular weight excluding hydrogens is 382 g/mol. The summed E-state index contributed by atoms with van der Waals surface area (Å²) in [4.78, 5) is 11.8. The van der Waals surface area contributed by atoms with E-state index in [1.54, 1.807) is 16.8 Å². The van der Waals surface area contributed by atoms with Crippen molar-refractivity contribution in [1.29, 1.82) is 0 Å². The molecule has 0 spiro atoms. The third-order valence-corrected chi connectivity index (χ3v) is 5.08. The standard InChI is InChI=1S/C21H23N7O2/c1-14-6-5-9-18(28(23)21(29)24-22)16(14)13-30-19-10-11-27(25-19)20-12-15-7-3-4-8-17(15)26(20)2/h3-12H,13,22-23H2,1-2H3,(H,24,29). The Balaban J connectivity index is 1.57. The van der Waals surface area contributed by atoms with E-state index in [2.05, 4.69) is 27.9 Å². The van der Waals surface area contributed by atoms with Crippen LogP contribution in [-0.4, -0.2) is 20.4 Å². The van der Waals surface area contributed by atoms with E-state index in [0.29, 0.717) is 11.6 Å². The van der Waals surface area contributed by atoms with E-state index in [0.717, 1.165) is 32.9 Å². The first-order valence-corrected chi connectivity index (χ1v) is 9.37. The molecule has 0 aliphatic rings. The molecule has 0 aliphatic heterocycles. The van der Waals surface area contributed by atoms with Gasteiger partial charge in [0.2, 0.25) is 5.88 Å². The minimum absolute atomic E-state index is 0.194. The van der Waals surface area contributed by atoms with Crippen LogP contribution in [0.3, 0.4) is 0 Å². The molecule has 154 valence electrons. The molecule has 0 radical (unpaired) electrons. The molecule has 0 saturated carbocycles. The van der Waals surface area contributed by atoms with Gasteiger partial charge in [-0.15, -0.1) is 5.10 Å². The number of nitrogens with two attached hydrogens (primary N) is 2. The number of aryl methyl sites for hydroxylation is 2. The zero-order chi connectivity index (χ0) is 21.3. The number of anilines is 1. The Bertz CT molecular complexity index is 1210. The summed E-state index contributed by atoms with van der Waals surface area (Å²) in [5.74, 6) is 12.5. The summed E-state index contributed by atoms with van der Waals surface area (Å²) in [5, 5.41) is 6.63. The number of carbonyl (C=O) groups is 1. The lowest BCUT2D eigenvalue weighted by molar-refractivity contribution is 0.246. The summed E-state index contributed by atoms with van der Waals surface area (Å²) < 4.78 is 9.75. The Labute approximate surface area is 173 Å². The highest BCUT2D eigenvalue weighted by molar-refractivity contribution is 5.91. The molecule has 9 nitrogen and oxygen atoms in total. The quantitative estimate of drug-likeness (QED) is 0.268. The SMILES string of the molecule is Cc1cccc(N(N)C(=O)NN)c1COc1ccn(-c2cc3ccccc3n2C)n1. The number of amides is 2. The van der Waals surface area contributed by atoms with Crippen LogP contribution >= 0.6 is 0 Å². The number of nitrogens with zero attached hydrogens (tertiary/aromatic N) is 4. The van der Waals surface area contributed by atoms with Crippen molar-refractivity contribution in [2.24, 2.45) is 18.7 Å². The fourth-order valence-electron chi connectivity index (χ4n) is 3.43. The topological polar surface area (TPSA) is 116 Å². The molecule has 2 aromatic carbocycles. The molecule has 0 atom stereocenters. The van der Waals surface area contributed by atoms with E-state index < -0.39 is 6.03 Å². The van der Waals surface area contributed by atoms with Crippen molar-refractivity contribution < 1.29 is 9.53 Å². The van der Waals surface area contributed by atoms with Gasteiger partial charge in [-0.3, -0.25) is 5.43 Å². The lowest BCUT2D eigenvalue weighted by Crippen LogP contribution is -2.48. The molecule has 9 heteroatoms. The summed E-state index contributed by atoms with van der Waals surface area (Å²) in [6.45, 7) is 2.12. The Kier molecular flexibility index (Phi) is 5.13. The fourth-order valence-corrected chi connectivity index (χ4v) is 3.43. The van der Waals surface area contributed by atoms with Crippen LogP contribution in [0.25, 0.3) is 16.7 Å². The van der Waals surface area contributed by atoms with Gasteiger partial charge in [-0.1, -0.05) is 30.3 Å². The maximum atomic E-state index is 11.8. The van der Waals surface area contributed by atoms with Gasteiger partial charge in [-0.25, -0.2) is 26.2 Å². The highest BCUT2D eigenvalue weighted by atomic mass is 16.5. The summed E-state index contributed by atoms with van der Waals surface area (Å²) in [6.07, 6.45) is 1.85. The second-order valence-corrected chi connectivity index (χ2v) is 6.90. The number of carbonyl (C=O) groups excluding carboxylic acids is 1. The number of hydrazine groups is 2. The number of nitrogens with one attached hydrogen (secondary N) is 1. The van der Waals surface area contributed by atoms with Gasteiger partial charge < -0.3 is 9.30 Å². The van der Waals surface area contributed by atoms with Gasteiger partial charge >= 0.3 is 6.03 Å². The largest absolute Gasteiger partial charge is 0.472 e. The second kappa shape index (κ2) is 7.90. The van der Waals surface area contributed by atoms with Crippen LogP contribution in [0.4, 0.5) is 10.5 Å². The molecule has 4 rings (SSSR count). The normalized spacial score (nSPS) is 10.9. The molecule has 2 aromatic heterocycles. The van der Waals surface area contributed by atoms with E-state index in [1.165, 1.54) is 0 Å². The Morgan fingerprint density at radius 1 is 1.20 bits per heavy atom. The van der Waals surface area contributed by atoms with Crippen LogP contribution < -0.4 is 26.9 Å². The van der Waals surface area contributed by atoms with Crippen LogP contribution in [-0.2, 0) is 13.7 Å². The van der Waals surface area contributed by atoms with E-state index in [4.69, 9.17) is 16.4 Å². The zero-order valence-electron chi connectivity index (χ0n) is 16.7. The minimum atomic E-state index is -0.623. The molecule has 0 saturated heterocycles. The monoisotopic (exact) mass is 405 g/mol. The fraction of sp³-hybridized carbons (Fsp3) is 0.143. The van der Waals surface area contributed by atoms with Crippen molar-refractivity contribution in [3.8, 4) is 11.7 Å². The van der Waals surface area contributed by atoms with Gasteiger partial charge in [-0.2, -0.15) is 0 Å². The molecule has 2 heterocycles. The first-order chi connectivity index (χ1) is 14.5. The van der Waals surface area contributed by atoms with Crippen molar-refractivity contribution in [3.63, 3.8) is 0 Å². The predicted octanol–water partition coefficient (Wildman–Crippen LogP) is 2.51. The predicted molar refractivity (Wildman–Crippen MR) is 115 cm³/mol. The zero-order valence-corrected chi connectivity index (χ0v) is 16.7. The third-order valence-electron chi connectivity index (χ3n) is 5.08. The Morgan fingerprint density at radius 3 is 2.77 bits per heavy atom. The van der Waals surface area contributed by atoms with Gasteiger partial charge in [0.15, 0.2) is 0 Å². The summed E-state index contributed by atoms with van der Waals surface area (Å²) >= 11 is 0. The van der Waals surface area contributed by atoms with Crippen molar-refractivity contribution >= 4 is 22.6 Å². The number of fused-ring (bicyclic) bond motifs is 1. The van der Waals surface area contributed by atoms with E-state index in [9.17, 15) is 4.79 Å². The first kappa shape index (κ1) is 19.5. The smallest absolute Gasteiger partial charge is 0.350 e. The number of para-hydroxylation sites is 1. The molecule has 0 fully saturated rings. The number of hydrogen-bond donors (Lipinski definition) is 3. The third kappa shape index (κ3) is 3.47. The summed E-state index contributed by atoms with van der Waals surface area (Å²) in [5.41, 5.74) is 5.35. The van der Waals surface area contributed by atoms with E-state index in [1.807, 2.05) is 49.9 Å². The minimum Gasteiger partial charge on any atom is -0.472 e. The van der Waals surface area contributed by atoms with Gasteiger partial charge in [0.25, 0.3) is 0 Å². The average Bonchev–Trinajstić information content (AvgIpc) is 3.36. The Hall–Kier alpha value is -3.82. The maximum absolute atomic E-state index is 11.8. The molecule has 0 unspecified atom stereocenters. The second-order valence-electron chi connectivity index (χ2n) is 6.90. The lowest BCUT2D eigenvalue weighted by atomic mass is 10.1. The van der Waals surface area contributed by atoms with E-state index >= 15 is 0 Å². The average molecular weight is 405 g/mol. The highest BCUT2D eigenvalue weighted by Crippen LogP contribution is 2.25. The van der Waals surface area contributed by atoms with Crippen LogP contribution in [0, 0.1) is 6.92 Å². The summed E-state index contributed by atoms with van der Waals surface area (Å²) in [7, 11) is 2.00. The van der Waals surface area contributed by atoms with Crippen LogP contribution in [0.1, 0.15) is 11.1 Å². The van der Waals surface area contributed by atoms with Gasteiger partial charge in [0.05, 0.1) is 5.69 Å². The Morgan fingerprint density at radius 2 is 2.00 bits per heavy atom. The van der Waals surface area contributed by atoms with Crippen LogP contribution in [0.15, 0.2) is 60.8 Å². The number of ether oxygens (including phenoxy) is 1. The molecular formula is C21H23N7O2. The number of urea groups is 1.